The van der Waals surface area contributed by atoms with E-state index in [2.05, 4.69) is 109 Å². The van der Waals surface area contributed by atoms with Crippen molar-refractivity contribution in [3.63, 3.8) is 0 Å². The van der Waals surface area contributed by atoms with Gasteiger partial charge < -0.3 is 14.4 Å². The van der Waals surface area contributed by atoms with Crippen LogP contribution in [-0.2, 0) is 45.8 Å². The topological polar surface area (TPSA) is 51.8 Å². The van der Waals surface area contributed by atoms with Crippen molar-refractivity contribution in [3.8, 4) is 22.5 Å². The third-order valence-corrected chi connectivity index (χ3v) is 14.1. The Labute approximate surface area is 344 Å². The monoisotopic (exact) mass is 926 g/mol. The van der Waals surface area contributed by atoms with Gasteiger partial charge in [0.1, 0.15) is 0 Å². The fourth-order valence-corrected chi connectivity index (χ4v) is 10.6. The van der Waals surface area contributed by atoms with E-state index in [1.807, 2.05) is 30.5 Å². The smallest absolute Gasteiger partial charge is 0.216 e. The van der Waals surface area contributed by atoms with E-state index < -0.39 is 8.07 Å². The number of aryl methyl sites for hydroxylation is 1. The molecule has 1 radical (unpaired) electrons. The van der Waals surface area contributed by atoms with Crippen LogP contribution >= 0.6 is 0 Å². The summed E-state index contributed by atoms with van der Waals surface area (Å²) in [7, 11) is -1.37. The van der Waals surface area contributed by atoms with Crippen molar-refractivity contribution in [1.29, 1.82) is 0 Å². The SMILES string of the molecule is CC(C)(C)Cc1cc(-c2[c-]cccc2)ncc1[Si](C)(C)C.CCc1ccc2c(n1)oc1c(-c3nccc4c3CCC(C(C)C3CCCCC3)C4)[c-]ccc12.[Ir]. The van der Waals surface area contributed by atoms with Gasteiger partial charge in [0.15, 0.2) is 0 Å². The molecule has 0 spiro atoms. The number of hydrogen-bond donors (Lipinski definition) is 0. The van der Waals surface area contributed by atoms with Crippen molar-refractivity contribution in [2.45, 2.75) is 118 Å². The predicted molar refractivity (Wildman–Crippen MR) is 229 cm³/mol. The summed E-state index contributed by atoms with van der Waals surface area (Å²) in [6.07, 6.45) is 16.8. The molecule has 4 nitrogen and oxygen atoms in total. The van der Waals surface area contributed by atoms with Crippen molar-refractivity contribution in [2.24, 2.45) is 23.2 Å². The molecule has 2 aromatic carbocycles. The fraction of sp³-hybridized carbons (Fsp3) is 0.449. The van der Waals surface area contributed by atoms with Gasteiger partial charge in [-0.25, -0.2) is 4.98 Å². The van der Waals surface area contributed by atoms with E-state index in [4.69, 9.17) is 19.4 Å². The number of benzene rings is 2. The summed E-state index contributed by atoms with van der Waals surface area (Å²) in [6.45, 7) is 18.7. The zero-order chi connectivity index (χ0) is 38.0. The third-order valence-electron chi connectivity index (χ3n) is 12.0. The number of pyridine rings is 3. The van der Waals surface area contributed by atoms with Gasteiger partial charge in [-0.3, -0.25) is 0 Å². The molecule has 6 heteroatoms. The van der Waals surface area contributed by atoms with E-state index in [9.17, 15) is 0 Å². The number of nitrogens with zero attached hydrogens (tertiary/aromatic N) is 3. The molecule has 0 aliphatic heterocycles. The molecule has 0 amide bonds. The Bertz CT molecular complexity index is 2210. The molecular formula is C49H59IrN3OSi-2. The van der Waals surface area contributed by atoms with E-state index in [1.165, 1.54) is 66.8 Å². The summed E-state index contributed by atoms with van der Waals surface area (Å²) in [5.41, 5.74) is 11.4. The second-order valence-corrected chi connectivity index (χ2v) is 23.3. The molecule has 1 fully saturated rings. The van der Waals surface area contributed by atoms with E-state index in [1.54, 1.807) is 0 Å². The quantitative estimate of drug-likeness (QED) is 0.118. The first kappa shape index (κ1) is 41.2. The number of furan rings is 1. The van der Waals surface area contributed by atoms with Gasteiger partial charge in [-0.2, -0.15) is 0 Å². The third kappa shape index (κ3) is 9.41. The van der Waals surface area contributed by atoms with Crippen LogP contribution in [0.2, 0.25) is 19.6 Å². The average molecular weight is 926 g/mol. The molecule has 0 saturated heterocycles. The van der Waals surface area contributed by atoms with Gasteiger partial charge in [0.2, 0.25) is 5.71 Å². The van der Waals surface area contributed by atoms with Crippen LogP contribution in [0.5, 0.6) is 0 Å². The van der Waals surface area contributed by atoms with Crippen molar-refractivity contribution >= 4 is 35.3 Å². The molecule has 2 atom stereocenters. The van der Waals surface area contributed by atoms with Crippen molar-refractivity contribution in [1.82, 2.24) is 15.0 Å². The number of rotatable bonds is 7. The molecule has 0 bridgehead atoms. The van der Waals surface area contributed by atoms with Crippen LogP contribution in [0.1, 0.15) is 95.5 Å². The first-order valence-electron chi connectivity index (χ1n) is 20.6. The summed E-state index contributed by atoms with van der Waals surface area (Å²) in [6, 6.07) is 27.7. The van der Waals surface area contributed by atoms with Crippen LogP contribution in [0.3, 0.4) is 0 Å². The Morgan fingerprint density at radius 1 is 0.891 bits per heavy atom. The molecule has 291 valence electrons. The molecule has 0 N–H and O–H groups in total. The van der Waals surface area contributed by atoms with Crippen LogP contribution in [0.25, 0.3) is 44.6 Å². The van der Waals surface area contributed by atoms with Gasteiger partial charge >= 0.3 is 0 Å². The van der Waals surface area contributed by atoms with Crippen LogP contribution in [0.4, 0.5) is 0 Å². The van der Waals surface area contributed by atoms with E-state index in [0.717, 1.165) is 87.3 Å². The number of fused-ring (bicyclic) bond motifs is 4. The standard InChI is InChI=1S/C30H33N2O.C19H26NSi.Ir/c1-3-23-13-15-26-25-10-7-11-27(29(25)33-30(26)32-23)28-24-14-12-21(18-22(24)16-17-31-28)19(2)20-8-5-4-6-9-20;1-19(2,3)13-16-12-17(15-10-8-7-9-11-15)20-14-18(16)21(4,5)6;/h7,10,13,15-17,19-21H,3-6,8-9,12,14,18H2,1-2H3;7-10,12,14H,13H2,1-6H3;/q2*-1;. The molecule has 4 aromatic heterocycles. The summed E-state index contributed by atoms with van der Waals surface area (Å²) in [4.78, 5) is 14.3. The first-order chi connectivity index (χ1) is 25.9. The van der Waals surface area contributed by atoms with Gasteiger partial charge in [0.05, 0.1) is 13.7 Å². The second kappa shape index (κ2) is 17.4. The van der Waals surface area contributed by atoms with E-state index in [0.29, 0.717) is 0 Å². The maximum Gasteiger partial charge on any atom is 0.216 e. The minimum Gasteiger partial charge on any atom is -0.486 e. The number of hydrogen-bond acceptors (Lipinski definition) is 4. The average Bonchev–Trinajstić information content (AvgIpc) is 3.55. The molecule has 2 aliphatic rings. The Morgan fingerprint density at radius 3 is 2.40 bits per heavy atom. The maximum atomic E-state index is 6.33. The van der Waals surface area contributed by atoms with Gasteiger partial charge in [0.25, 0.3) is 0 Å². The minimum atomic E-state index is -1.37. The Morgan fingerprint density at radius 2 is 1.69 bits per heavy atom. The summed E-state index contributed by atoms with van der Waals surface area (Å²) >= 11 is 0. The van der Waals surface area contributed by atoms with Gasteiger partial charge in [-0.15, -0.1) is 54.1 Å². The van der Waals surface area contributed by atoms with Crippen LogP contribution < -0.4 is 5.19 Å². The molecule has 2 aliphatic carbocycles. The molecule has 6 aromatic rings. The molecule has 1 saturated carbocycles. The molecule has 4 heterocycles. The largest absolute Gasteiger partial charge is 0.486 e. The van der Waals surface area contributed by atoms with Gasteiger partial charge in [0, 0.05) is 43.6 Å². The van der Waals surface area contributed by atoms with E-state index in [-0.39, 0.29) is 25.5 Å². The molecule has 8 rings (SSSR count). The number of aromatic nitrogens is 3. The molecular weight excluding hydrogens is 867 g/mol. The summed E-state index contributed by atoms with van der Waals surface area (Å²) < 4.78 is 6.33. The van der Waals surface area contributed by atoms with E-state index >= 15 is 0 Å². The van der Waals surface area contributed by atoms with Crippen molar-refractivity contribution in [3.05, 3.63) is 108 Å². The summed E-state index contributed by atoms with van der Waals surface area (Å²) in [5, 5.41) is 3.66. The fourth-order valence-electron chi connectivity index (χ4n) is 9.05. The van der Waals surface area contributed by atoms with Crippen molar-refractivity contribution in [2.75, 3.05) is 0 Å². The Balaban J connectivity index is 0.000000204. The minimum absolute atomic E-state index is 0. The maximum absolute atomic E-state index is 6.33. The van der Waals surface area contributed by atoms with Gasteiger partial charge in [-0.05, 0) is 90.0 Å². The molecule has 2 unspecified atom stereocenters. The first-order valence-corrected chi connectivity index (χ1v) is 24.1. The predicted octanol–water partition coefficient (Wildman–Crippen LogP) is 12.4. The molecule has 55 heavy (non-hydrogen) atoms. The van der Waals surface area contributed by atoms with Crippen LogP contribution in [-0.4, -0.2) is 23.0 Å². The van der Waals surface area contributed by atoms with Crippen LogP contribution in [0.15, 0.2) is 77.5 Å². The van der Waals surface area contributed by atoms with Gasteiger partial charge in [-0.1, -0.05) is 120 Å². The normalized spacial score (nSPS) is 16.9. The van der Waals surface area contributed by atoms with Crippen molar-refractivity contribution < 1.29 is 24.5 Å². The Kier molecular flexibility index (Phi) is 13.0. The zero-order valence-corrected chi connectivity index (χ0v) is 37.7. The second-order valence-electron chi connectivity index (χ2n) is 18.3. The summed E-state index contributed by atoms with van der Waals surface area (Å²) in [5.74, 6) is 2.53. The Hall–Kier alpha value is -3.44. The zero-order valence-electron chi connectivity index (χ0n) is 34.3. The van der Waals surface area contributed by atoms with Crippen LogP contribution in [0, 0.1) is 35.3 Å².